The number of para-hydroxylation sites is 1. The summed E-state index contributed by atoms with van der Waals surface area (Å²) in [6.45, 7) is 5.39. The minimum Gasteiger partial charge on any atom is -0.389 e. The van der Waals surface area contributed by atoms with Gasteiger partial charge in [0.15, 0.2) is 0 Å². The van der Waals surface area contributed by atoms with Crippen LogP contribution in [0.1, 0.15) is 30.9 Å². The highest BCUT2D eigenvalue weighted by Gasteiger charge is 2.29. The van der Waals surface area contributed by atoms with Gasteiger partial charge >= 0.3 is 0 Å². The van der Waals surface area contributed by atoms with Crippen molar-refractivity contribution in [1.82, 2.24) is 0 Å². The average Bonchev–Trinajstić information content (AvgIpc) is 2.74. The van der Waals surface area contributed by atoms with Crippen LogP contribution in [0.25, 0.3) is 0 Å². The Kier molecular flexibility index (Phi) is 4.17. The van der Waals surface area contributed by atoms with Crippen molar-refractivity contribution in [1.29, 1.82) is 0 Å². The van der Waals surface area contributed by atoms with Crippen molar-refractivity contribution < 1.29 is 0 Å². The molecule has 1 aromatic carbocycles. The molecule has 18 heavy (non-hydrogen) atoms. The molecule has 98 valence electrons. The number of rotatable bonds is 4. The highest BCUT2D eigenvalue weighted by atomic mass is 32.2. The van der Waals surface area contributed by atoms with Gasteiger partial charge in [0.25, 0.3) is 0 Å². The first-order valence-corrected chi connectivity index (χ1v) is 7.68. The molecule has 1 fully saturated rings. The molecule has 0 bridgehead atoms. The Balaban J connectivity index is 2.15. The predicted molar refractivity (Wildman–Crippen MR) is 85.7 cm³/mol. The lowest BCUT2D eigenvalue weighted by Crippen LogP contribution is -2.28. The zero-order valence-electron chi connectivity index (χ0n) is 11.0. The summed E-state index contributed by atoms with van der Waals surface area (Å²) in [6.07, 6.45) is 2.59. The number of hydrogen-bond donors (Lipinski definition) is 2. The van der Waals surface area contributed by atoms with Crippen LogP contribution >= 0.6 is 24.0 Å². The van der Waals surface area contributed by atoms with E-state index in [1.807, 2.05) is 12.1 Å². The standard InChI is InChI=1S/C14H20N2S2/c1-10-5-3-6-11(13(15)17)12(10)16-9-14(2)7-4-8-18-14/h3,5-6,16H,4,7-9H2,1-2H3,(H2,15,17). The molecule has 2 rings (SSSR count). The molecule has 4 heteroatoms. The fourth-order valence-corrected chi connectivity index (χ4v) is 3.77. The van der Waals surface area contributed by atoms with Crippen molar-refractivity contribution in [3.63, 3.8) is 0 Å². The molecule has 1 aromatic rings. The van der Waals surface area contributed by atoms with Gasteiger partial charge in [0.1, 0.15) is 4.99 Å². The van der Waals surface area contributed by atoms with Gasteiger partial charge in [-0.2, -0.15) is 11.8 Å². The minimum atomic E-state index is 0.343. The molecule has 1 heterocycles. The SMILES string of the molecule is Cc1cccc(C(N)=S)c1NCC1(C)CCCS1. The number of benzene rings is 1. The number of nitrogens with two attached hydrogens (primary N) is 1. The Bertz CT molecular complexity index is 451. The number of hydrogen-bond acceptors (Lipinski definition) is 3. The van der Waals surface area contributed by atoms with E-state index in [-0.39, 0.29) is 0 Å². The molecule has 0 amide bonds. The van der Waals surface area contributed by atoms with Crippen molar-refractivity contribution in [3.8, 4) is 0 Å². The van der Waals surface area contributed by atoms with E-state index in [1.54, 1.807) is 0 Å². The number of thiocarbonyl (C=S) groups is 1. The molecule has 2 nitrogen and oxygen atoms in total. The van der Waals surface area contributed by atoms with Crippen LogP contribution in [0.3, 0.4) is 0 Å². The second-order valence-corrected chi connectivity index (χ2v) is 7.24. The topological polar surface area (TPSA) is 38.0 Å². The Labute approximate surface area is 119 Å². The van der Waals surface area contributed by atoms with Crippen LogP contribution in [0.4, 0.5) is 5.69 Å². The van der Waals surface area contributed by atoms with Crippen LogP contribution in [-0.4, -0.2) is 22.0 Å². The van der Waals surface area contributed by atoms with Crippen LogP contribution in [0.15, 0.2) is 18.2 Å². The van der Waals surface area contributed by atoms with Crippen molar-refractivity contribution in [2.24, 2.45) is 5.73 Å². The summed E-state index contributed by atoms with van der Waals surface area (Å²) in [5, 5.41) is 3.56. The van der Waals surface area contributed by atoms with E-state index < -0.39 is 0 Å². The lowest BCUT2D eigenvalue weighted by molar-refractivity contribution is 0.634. The van der Waals surface area contributed by atoms with Crippen LogP contribution in [0.5, 0.6) is 0 Å². The smallest absolute Gasteiger partial charge is 0.106 e. The van der Waals surface area contributed by atoms with Gasteiger partial charge in [0.05, 0.1) is 0 Å². The van der Waals surface area contributed by atoms with Gasteiger partial charge in [-0.1, -0.05) is 24.4 Å². The molecular weight excluding hydrogens is 260 g/mol. The van der Waals surface area contributed by atoms with E-state index in [4.69, 9.17) is 18.0 Å². The largest absolute Gasteiger partial charge is 0.389 e. The first-order valence-electron chi connectivity index (χ1n) is 6.29. The van der Waals surface area contributed by atoms with Crippen LogP contribution in [-0.2, 0) is 0 Å². The quantitative estimate of drug-likeness (QED) is 0.830. The fourth-order valence-electron chi connectivity index (χ4n) is 2.36. The number of thioether (sulfide) groups is 1. The minimum absolute atomic E-state index is 0.343. The Morgan fingerprint density at radius 3 is 2.94 bits per heavy atom. The second kappa shape index (κ2) is 5.49. The summed E-state index contributed by atoms with van der Waals surface area (Å²) in [5.41, 5.74) is 9.04. The maximum absolute atomic E-state index is 5.79. The highest BCUT2D eigenvalue weighted by Crippen LogP contribution is 2.38. The Morgan fingerprint density at radius 2 is 2.33 bits per heavy atom. The second-order valence-electron chi connectivity index (χ2n) is 5.12. The summed E-state index contributed by atoms with van der Waals surface area (Å²) >= 11 is 7.18. The van der Waals surface area contributed by atoms with E-state index >= 15 is 0 Å². The highest BCUT2D eigenvalue weighted by molar-refractivity contribution is 8.00. The third-order valence-corrected chi connectivity index (χ3v) is 5.24. The first-order chi connectivity index (χ1) is 8.52. The molecule has 0 aliphatic carbocycles. The van der Waals surface area contributed by atoms with Gasteiger partial charge in [-0.25, -0.2) is 0 Å². The van der Waals surface area contributed by atoms with E-state index in [2.05, 4.69) is 37.0 Å². The van der Waals surface area contributed by atoms with E-state index in [9.17, 15) is 0 Å². The Morgan fingerprint density at radius 1 is 1.56 bits per heavy atom. The van der Waals surface area contributed by atoms with E-state index in [0.717, 1.165) is 17.8 Å². The lowest BCUT2D eigenvalue weighted by Gasteiger charge is -2.25. The third-order valence-electron chi connectivity index (χ3n) is 3.48. The number of anilines is 1. The molecule has 0 spiro atoms. The molecule has 1 aliphatic heterocycles. The molecule has 0 radical (unpaired) electrons. The van der Waals surface area contributed by atoms with Gasteiger partial charge in [-0.3, -0.25) is 0 Å². The predicted octanol–water partition coefficient (Wildman–Crippen LogP) is 3.33. The molecule has 1 saturated heterocycles. The van der Waals surface area contributed by atoms with Gasteiger partial charge in [-0.15, -0.1) is 0 Å². The lowest BCUT2D eigenvalue weighted by atomic mass is 10.0. The van der Waals surface area contributed by atoms with Gasteiger partial charge < -0.3 is 11.1 Å². The van der Waals surface area contributed by atoms with Crippen molar-refractivity contribution in [2.45, 2.75) is 31.4 Å². The van der Waals surface area contributed by atoms with Gasteiger partial charge in [-0.05, 0) is 44.1 Å². The summed E-state index contributed by atoms with van der Waals surface area (Å²) < 4.78 is 0.343. The summed E-state index contributed by atoms with van der Waals surface area (Å²) in [4.78, 5) is 0.463. The van der Waals surface area contributed by atoms with E-state index in [0.29, 0.717) is 9.74 Å². The van der Waals surface area contributed by atoms with Crippen molar-refractivity contribution in [3.05, 3.63) is 29.3 Å². The van der Waals surface area contributed by atoms with Crippen molar-refractivity contribution >= 4 is 34.7 Å². The maximum atomic E-state index is 5.79. The monoisotopic (exact) mass is 280 g/mol. The maximum Gasteiger partial charge on any atom is 0.106 e. The fraction of sp³-hybridized carbons (Fsp3) is 0.500. The molecule has 1 unspecified atom stereocenters. The molecule has 1 aliphatic rings. The molecule has 0 saturated carbocycles. The third kappa shape index (κ3) is 2.98. The molecular formula is C14H20N2S2. The molecule has 3 N–H and O–H groups in total. The summed E-state index contributed by atoms with van der Waals surface area (Å²) in [5.74, 6) is 1.27. The van der Waals surface area contributed by atoms with Crippen LogP contribution < -0.4 is 11.1 Å². The van der Waals surface area contributed by atoms with Gasteiger partial charge in [0.2, 0.25) is 0 Å². The van der Waals surface area contributed by atoms with Crippen molar-refractivity contribution in [2.75, 3.05) is 17.6 Å². The number of aryl methyl sites for hydroxylation is 1. The number of nitrogens with one attached hydrogen (secondary N) is 1. The average molecular weight is 280 g/mol. The zero-order valence-corrected chi connectivity index (χ0v) is 12.6. The summed E-state index contributed by atoms with van der Waals surface area (Å²) in [7, 11) is 0. The molecule has 1 atom stereocenters. The van der Waals surface area contributed by atoms with E-state index in [1.165, 1.54) is 24.2 Å². The molecule has 0 aromatic heterocycles. The van der Waals surface area contributed by atoms with Crippen LogP contribution in [0, 0.1) is 6.92 Å². The Hall–Kier alpha value is -0.740. The van der Waals surface area contributed by atoms with Gasteiger partial charge in [0, 0.05) is 22.5 Å². The zero-order chi connectivity index (χ0) is 13.2. The first kappa shape index (κ1) is 13.7. The summed E-state index contributed by atoms with van der Waals surface area (Å²) in [6, 6.07) is 6.08. The van der Waals surface area contributed by atoms with Crippen LogP contribution in [0.2, 0.25) is 0 Å². The normalized spacial score (nSPS) is 23.0.